The summed E-state index contributed by atoms with van der Waals surface area (Å²) in [6.07, 6.45) is 5.97. The Bertz CT molecular complexity index is 445. The van der Waals surface area contributed by atoms with Crippen molar-refractivity contribution in [2.24, 2.45) is 5.92 Å². The minimum Gasteiger partial charge on any atom is -0.481 e. The third kappa shape index (κ3) is 3.73. The number of aliphatic carboxylic acids is 1. The molecule has 104 valence electrons. The molecule has 1 heterocycles. The van der Waals surface area contributed by atoms with Crippen LogP contribution < -0.4 is 5.32 Å². The molecule has 0 spiro atoms. The Labute approximate surface area is 112 Å². The normalized spacial score (nSPS) is 24.9. The molecule has 1 aromatic rings. The Morgan fingerprint density at radius 2 is 2.11 bits per heavy atom. The van der Waals surface area contributed by atoms with Crippen LogP contribution >= 0.6 is 0 Å². The second-order valence-electron chi connectivity index (χ2n) is 5.21. The molecule has 2 rings (SSSR count). The van der Waals surface area contributed by atoms with Gasteiger partial charge in [-0.1, -0.05) is 0 Å². The molecule has 0 saturated heterocycles. The van der Waals surface area contributed by atoms with Crippen molar-refractivity contribution >= 4 is 5.97 Å². The van der Waals surface area contributed by atoms with Crippen molar-refractivity contribution in [1.82, 2.24) is 10.3 Å². The lowest BCUT2D eigenvalue weighted by Crippen LogP contribution is -2.36. The number of carboxylic acid groups (broad SMARTS) is 1. The molecule has 4 nitrogen and oxygen atoms in total. The first-order chi connectivity index (χ1) is 9.06. The van der Waals surface area contributed by atoms with Gasteiger partial charge < -0.3 is 10.4 Å². The van der Waals surface area contributed by atoms with Crippen LogP contribution in [-0.4, -0.2) is 22.1 Å². The average molecular weight is 266 g/mol. The largest absolute Gasteiger partial charge is 0.481 e. The van der Waals surface area contributed by atoms with Crippen LogP contribution in [0.3, 0.4) is 0 Å². The van der Waals surface area contributed by atoms with Gasteiger partial charge in [0.25, 0.3) is 0 Å². The van der Waals surface area contributed by atoms with Gasteiger partial charge in [0.15, 0.2) is 0 Å². The van der Waals surface area contributed by atoms with Crippen molar-refractivity contribution in [3.63, 3.8) is 0 Å². The summed E-state index contributed by atoms with van der Waals surface area (Å²) in [5, 5.41) is 12.4. The zero-order valence-electron chi connectivity index (χ0n) is 11.0. The molecule has 1 aliphatic rings. The lowest BCUT2D eigenvalue weighted by atomic mass is 9.85. The second-order valence-corrected chi connectivity index (χ2v) is 5.21. The van der Waals surface area contributed by atoms with E-state index in [0.717, 1.165) is 18.4 Å². The minimum atomic E-state index is -0.694. The molecular weight excluding hydrogens is 247 g/mol. The van der Waals surface area contributed by atoms with E-state index in [1.165, 1.54) is 12.3 Å². The molecule has 0 aromatic carbocycles. The van der Waals surface area contributed by atoms with Crippen LogP contribution in [0.25, 0.3) is 0 Å². The van der Waals surface area contributed by atoms with Gasteiger partial charge >= 0.3 is 5.97 Å². The number of hydrogen-bond donors (Lipinski definition) is 2. The van der Waals surface area contributed by atoms with Gasteiger partial charge in [-0.25, -0.2) is 4.39 Å². The topological polar surface area (TPSA) is 62.2 Å². The molecule has 1 unspecified atom stereocenters. The molecule has 0 aliphatic heterocycles. The number of halogens is 1. The first-order valence-electron chi connectivity index (χ1n) is 6.65. The third-order valence-electron chi connectivity index (χ3n) is 3.79. The molecule has 1 atom stereocenters. The van der Waals surface area contributed by atoms with Crippen LogP contribution in [-0.2, 0) is 4.79 Å². The van der Waals surface area contributed by atoms with Gasteiger partial charge in [-0.2, -0.15) is 0 Å². The molecule has 19 heavy (non-hydrogen) atoms. The first-order valence-corrected chi connectivity index (χ1v) is 6.65. The molecule has 0 bridgehead atoms. The second kappa shape index (κ2) is 6.10. The summed E-state index contributed by atoms with van der Waals surface area (Å²) in [6.45, 7) is 1.97. The van der Waals surface area contributed by atoms with Crippen LogP contribution in [0.5, 0.6) is 0 Å². The van der Waals surface area contributed by atoms with Crippen LogP contribution in [0.15, 0.2) is 18.5 Å². The Morgan fingerprint density at radius 3 is 2.68 bits per heavy atom. The third-order valence-corrected chi connectivity index (χ3v) is 3.79. The van der Waals surface area contributed by atoms with Gasteiger partial charge in [-0.3, -0.25) is 9.78 Å². The van der Waals surface area contributed by atoms with Crippen LogP contribution in [0.1, 0.15) is 44.2 Å². The number of aromatic nitrogens is 1. The lowest BCUT2D eigenvalue weighted by molar-refractivity contribution is -0.142. The average Bonchev–Trinajstić information content (AvgIpc) is 2.39. The molecule has 1 fully saturated rings. The van der Waals surface area contributed by atoms with E-state index in [1.807, 2.05) is 6.92 Å². The molecular formula is C14H19FN2O2. The Morgan fingerprint density at radius 1 is 1.42 bits per heavy atom. The highest BCUT2D eigenvalue weighted by Crippen LogP contribution is 2.26. The van der Waals surface area contributed by atoms with E-state index in [4.69, 9.17) is 5.11 Å². The highest BCUT2D eigenvalue weighted by Gasteiger charge is 2.26. The highest BCUT2D eigenvalue weighted by atomic mass is 19.1. The van der Waals surface area contributed by atoms with E-state index >= 15 is 0 Å². The van der Waals surface area contributed by atoms with Crippen molar-refractivity contribution in [2.75, 3.05) is 0 Å². The van der Waals surface area contributed by atoms with Crippen LogP contribution in [0, 0.1) is 11.7 Å². The number of hydrogen-bond acceptors (Lipinski definition) is 3. The summed E-state index contributed by atoms with van der Waals surface area (Å²) in [7, 11) is 0. The maximum absolute atomic E-state index is 13.1. The lowest BCUT2D eigenvalue weighted by Gasteiger charge is -2.29. The molecule has 0 radical (unpaired) electrons. The van der Waals surface area contributed by atoms with Gasteiger partial charge in [0.2, 0.25) is 0 Å². The van der Waals surface area contributed by atoms with E-state index in [2.05, 4.69) is 10.3 Å². The van der Waals surface area contributed by atoms with Gasteiger partial charge in [-0.15, -0.1) is 0 Å². The van der Waals surface area contributed by atoms with Gasteiger partial charge in [-0.05, 0) is 44.2 Å². The fraction of sp³-hybridized carbons (Fsp3) is 0.571. The van der Waals surface area contributed by atoms with E-state index in [0.29, 0.717) is 18.9 Å². The monoisotopic (exact) mass is 266 g/mol. The number of nitrogens with zero attached hydrogens (tertiary/aromatic N) is 1. The zero-order chi connectivity index (χ0) is 13.8. The van der Waals surface area contributed by atoms with Crippen molar-refractivity contribution in [3.05, 3.63) is 29.8 Å². The Kier molecular flexibility index (Phi) is 4.47. The molecule has 1 aliphatic carbocycles. The summed E-state index contributed by atoms with van der Waals surface area (Å²) in [5.74, 6) is -1.23. The molecule has 5 heteroatoms. The number of carbonyl (C=O) groups is 1. The fourth-order valence-corrected chi connectivity index (χ4v) is 2.62. The molecule has 1 saturated carbocycles. The number of carboxylic acids is 1. The molecule has 1 aromatic heterocycles. The summed E-state index contributed by atoms with van der Waals surface area (Å²) >= 11 is 0. The van der Waals surface area contributed by atoms with Crippen molar-refractivity contribution in [1.29, 1.82) is 0 Å². The fourth-order valence-electron chi connectivity index (χ4n) is 2.62. The van der Waals surface area contributed by atoms with Gasteiger partial charge in [0, 0.05) is 18.3 Å². The molecule has 2 N–H and O–H groups in total. The minimum absolute atomic E-state index is 0.0228. The Balaban J connectivity index is 1.87. The smallest absolute Gasteiger partial charge is 0.306 e. The van der Waals surface area contributed by atoms with Gasteiger partial charge in [0.1, 0.15) is 5.82 Å². The number of rotatable bonds is 4. The maximum Gasteiger partial charge on any atom is 0.306 e. The van der Waals surface area contributed by atoms with Crippen molar-refractivity contribution < 1.29 is 14.3 Å². The van der Waals surface area contributed by atoms with Crippen LogP contribution in [0.4, 0.5) is 4.39 Å². The molecule has 0 amide bonds. The van der Waals surface area contributed by atoms with E-state index < -0.39 is 5.97 Å². The summed E-state index contributed by atoms with van der Waals surface area (Å²) in [5.41, 5.74) is 0.820. The van der Waals surface area contributed by atoms with Crippen molar-refractivity contribution in [3.8, 4) is 0 Å². The van der Waals surface area contributed by atoms with E-state index in [1.54, 1.807) is 6.20 Å². The standard InChI is InChI=1S/C14H19FN2O2/c1-9(11-6-12(15)8-16-7-11)17-13-4-2-10(3-5-13)14(18)19/h6-10,13,17H,2-5H2,1H3,(H,18,19). The van der Waals surface area contributed by atoms with E-state index in [-0.39, 0.29) is 17.8 Å². The first kappa shape index (κ1) is 13.9. The Hall–Kier alpha value is -1.49. The van der Waals surface area contributed by atoms with Crippen molar-refractivity contribution in [2.45, 2.75) is 44.7 Å². The predicted octanol–water partition coefficient (Wildman–Crippen LogP) is 2.51. The quantitative estimate of drug-likeness (QED) is 0.879. The number of pyridine rings is 1. The zero-order valence-corrected chi connectivity index (χ0v) is 11.0. The summed E-state index contributed by atoms with van der Waals surface area (Å²) in [6, 6.07) is 1.80. The maximum atomic E-state index is 13.1. The van der Waals surface area contributed by atoms with Crippen LogP contribution in [0.2, 0.25) is 0 Å². The SMILES string of the molecule is CC(NC1CCC(C(=O)O)CC1)c1cncc(F)c1. The van der Waals surface area contributed by atoms with Gasteiger partial charge in [0.05, 0.1) is 12.1 Å². The van der Waals surface area contributed by atoms with E-state index in [9.17, 15) is 9.18 Å². The predicted molar refractivity (Wildman–Crippen MR) is 69.1 cm³/mol. The highest BCUT2D eigenvalue weighted by molar-refractivity contribution is 5.70. The number of nitrogens with one attached hydrogen (secondary N) is 1. The summed E-state index contributed by atoms with van der Waals surface area (Å²) in [4.78, 5) is 14.7. The summed E-state index contributed by atoms with van der Waals surface area (Å²) < 4.78 is 13.1.